The molecule has 3 heterocycles. The Morgan fingerprint density at radius 2 is 1.50 bits per heavy atom. The molecular formula is C26H21N5O3. The number of nitrogens with zero attached hydrogens (tertiary/aromatic N) is 4. The van der Waals surface area contributed by atoms with E-state index in [1.807, 2.05) is 101 Å². The molecule has 3 amide bonds. The molecule has 1 fully saturated rings. The molecule has 34 heavy (non-hydrogen) atoms. The van der Waals surface area contributed by atoms with Gasteiger partial charge < -0.3 is 9.64 Å². The first kappa shape index (κ1) is 20.0. The van der Waals surface area contributed by atoms with Crippen molar-refractivity contribution in [2.45, 2.75) is 12.2 Å². The first-order valence-electron chi connectivity index (χ1n) is 10.9. The highest BCUT2D eigenvalue weighted by molar-refractivity contribution is 6.16. The molecule has 1 N–H and O–H groups in total. The van der Waals surface area contributed by atoms with Gasteiger partial charge in [0, 0.05) is 24.5 Å². The van der Waals surface area contributed by atoms with Gasteiger partial charge in [-0.05, 0) is 36.4 Å². The summed E-state index contributed by atoms with van der Waals surface area (Å²) in [6.45, 7) is 0. The molecule has 0 radical (unpaired) electrons. The van der Waals surface area contributed by atoms with E-state index in [0.29, 0.717) is 11.7 Å². The quantitative estimate of drug-likeness (QED) is 0.652. The summed E-state index contributed by atoms with van der Waals surface area (Å²) >= 11 is 0. The Labute approximate surface area is 196 Å². The van der Waals surface area contributed by atoms with Crippen molar-refractivity contribution in [3.63, 3.8) is 0 Å². The van der Waals surface area contributed by atoms with Gasteiger partial charge in [0.2, 0.25) is 5.96 Å². The van der Waals surface area contributed by atoms with Gasteiger partial charge in [0.15, 0.2) is 12.2 Å². The first-order chi connectivity index (χ1) is 16.6. The van der Waals surface area contributed by atoms with E-state index in [1.54, 1.807) is 7.05 Å². The lowest BCUT2D eigenvalue weighted by molar-refractivity contribution is -0.126. The van der Waals surface area contributed by atoms with E-state index in [9.17, 15) is 9.59 Å². The fourth-order valence-electron chi connectivity index (χ4n) is 4.43. The van der Waals surface area contributed by atoms with E-state index in [1.165, 1.54) is 4.90 Å². The number of imide groups is 1. The zero-order chi connectivity index (χ0) is 23.2. The number of amides is 3. The van der Waals surface area contributed by atoms with Crippen molar-refractivity contribution in [3.05, 3.63) is 96.7 Å². The lowest BCUT2D eigenvalue weighted by atomic mass is 10.1. The predicted octanol–water partition coefficient (Wildman–Crippen LogP) is 3.85. The molecule has 0 aliphatic carbocycles. The third-order valence-electron chi connectivity index (χ3n) is 6.12. The third kappa shape index (κ3) is 3.19. The molecule has 2 atom stereocenters. The number of carbonyl (C=O) groups excluding carboxylic acids is 2. The average Bonchev–Trinajstić information content (AvgIpc) is 3.41. The summed E-state index contributed by atoms with van der Waals surface area (Å²) in [6.07, 6.45) is 1.34. The number of anilines is 1. The van der Waals surface area contributed by atoms with E-state index in [4.69, 9.17) is 9.73 Å². The summed E-state index contributed by atoms with van der Waals surface area (Å²) in [5.41, 5.74) is 2.74. The van der Waals surface area contributed by atoms with Crippen LogP contribution in [0.4, 0.5) is 10.5 Å². The fourth-order valence-corrected chi connectivity index (χ4v) is 4.43. The Morgan fingerprint density at radius 3 is 2.21 bits per heavy atom. The Morgan fingerprint density at radius 1 is 0.853 bits per heavy atom. The fraction of sp³-hybridized carbons (Fsp3) is 0.115. The van der Waals surface area contributed by atoms with Crippen molar-refractivity contribution < 1.29 is 14.3 Å². The number of hydrogen-bond acceptors (Lipinski definition) is 6. The molecule has 3 aliphatic rings. The lowest BCUT2D eigenvalue weighted by Crippen LogP contribution is -2.62. The molecule has 2 unspecified atom stereocenters. The summed E-state index contributed by atoms with van der Waals surface area (Å²) < 4.78 is 5.94. The van der Waals surface area contributed by atoms with Crippen LogP contribution in [0.1, 0.15) is 5.56 Å². The van der Waals surface area contributed by atoms with Gasteiger partial charge in [0.05, 0.1) is 5.70 Å². The van der Waals surface area contributed by atoms with Gasteiger partial charge in [-0.2, -0.15) is 0 Å². The number of fused-ring (bicyclic) bond motifs is 3. The predicted molar refractivity (Wildman–Crippen MR) is 128 cm³/mol. The van der Waals surface area contributed by atoms with Gasteiger partial charge in [-0.3, -0.25) is 19.9 Å². The van der Waals surface area contributed by atoms with Crippen LogP contribution in [0.15, 0.2) is 96.1 Å². The molecule has 1 saturated heterocycles. The van der Waals surface area contributed by atoms with Gasteiger partial charge in [-0.15, -0.1) is 0 Å². The zero-order valence-corrected chi connectivity index (χ0v) is 18.3. The van der Waals surface area contributed by atoms with Gasteiger partial charge in [-0.1, -0.05) is 48.5 Å². The van der Waals surface area contributed by atoms with Crippen LogP contribution in [0, 0.1) is 0 Å². The van der Waals surface area contributed by atoms with Crippen LogP contribution in [-0.2, 0) is 4.79 Å². The largest absolute Gasteiger partial charge is 0.457 e. The second-order valence-electron chi connectivity index (χ2n) is 8.22. The zero-order valence-electron chi connectivity index (χ0n) is 18.3. The maximum Gasteiger partial charge on any atom is 0.325 e. The number of carbonyl (C=O) groups is 2. The number of hydrogen-bond donors (Lipinski definition) is 1. The van der Waals surface area contributed by atoms with Crippen molar-refractivity contribution in [2.75, 3.05) is 11.9 Å². The summed E-state index contributed by atoms with van der Waals surface area (Å²) in [6, 6.07) is 26.2. The molecule has 0 saturated carbocycles. The van der Waals surface area contributed by atoms with Gasteiger partial charge in [0.25, 0.3) is 5.91 Å². The van der Waals surface area contributed by atoms with E-state index in [2.05, 4.69) is 5.32 Å². The van der Waals surface area contributed by atoms with E-state index in [0.717, 1.165) is 22.7 Å². The molecule has 3 aliphatic heterocycles. The van der Waals surface area contributed by atoms with Crippen molar-refractivity contribution in [2.24, 2.45) is 4.99 Å². The Hall–Kier alpha value is -4.59. The minimum absolute atomic E-state index is 0.357. The highest BCUT2D eigenvalue weighted by Crippen LogP contribution is 2.39. The minimum atomic E-state index is -0.623. The van der Waals surface area contributed by atoms with Crippen LogP contribution in [0.2, 0.25) is 0 Å². The van der Waals surface area contributed by atoms with Crippen LogP contribution in [0.5, 0.6) is 11.5 Å². The number of para-hydroxylation sites is 1. The van der Waals surface area contributed by atoms with Gasteiger partial charge in [-0.25, -0.2) is 9.79 Å². The highest BCUT2D eigenvalue weighted by atomic mass is 16.5. The van der Waals surface area contributed by atoms with E-state index in [-0.39, 0.29) is 5.91 Å². The summed E-state index contributed by atoms with van der Waals surface area (Å²) in [5.74, 6) is 1.71. The van der Waals surface area contributed by atoms with Crippen LogP contribution in [-0.4, -0.2) is 47.0 Å². The summed E-state index contributed by atoms with van der Waals surface area (Å²) in [7, 11) is 1.65. The number of likely N-dealkylation sites (N-methyl/N-ethyl adjacent to an activating group) is 1. The summed E-state index contributed by atoms with van der Waals surface area (Å²) in [5, 5.41) is 2.42. The molecule has 3 aromatic rings. The number of urea groups is 1. The number of nitrogens with one attached hydrogen (secondary N) is 1. The first-order valence-corrected chi connectivity index (χ1v) is 10.9. The van der Waals surface area contributed by atoms with Crippen LogP contribution in [0.25, 0.3) is 5.70 Å². The minimum Gasteiger partial charge on any atom is -0.457 e. The number of rotatable bonds is 4. The Bertz CT molecular complexity index is 1320. The monoisotopic (exact) mass is 451 g/mol. The lowest BCUT2D eigenvalue weighted by Gasteiger charge is -2.34. The van der Waals surface area contributed by atoms with E-state index < -0.39 is 18.2 Å². The van der Waals surface area contributed by atoms with Crippen molar-refractivity contribution >= 4 is 29.3 Å². The topological polar surface area (TPSA) is 77.5 Å². The summed E-state index contributed by atoms with van der Waals surface area (Å²) in [4.78, 5) is 35.0. The Kier molecular flexibility index (Phi) is 4.58. The molecular weight excluding hydrogens is 430 g/mol. The van der Waals surface area contributed by atoms with Gasteiger partial charge in [0.1, 0.15) is 11.5 Å². The van der Waals surface area contributed by atoms with Crippen molar-refractivity contribution in [1.29, 1.82) is 0 Å². The second-order valence-corrected chi connectivity index (χ2v) is 8.22. The van der Waals surface area contributed by atoms with Crippen molar-refractivity contribution in [1.82, 2.24) is 15.1 Å². The molecule has 0 bridgehead atoms. The maximum atomic E-state index is 12.7. The van der Waals surface area contributed by atoms with Gasteiger partial charge >= 0.3 is 6.03 Å². The smallest absolute Gasteiger partial charge is 0.325 e. The van der Waals surface area contributed by atoms with Crippen LogP contribution in [0.3, 0.4) is 0 Å². The molecule has 168 valence electrons. The number of ether oxygens (including phenoxy) is 1. The molecule has 6 rings (SSSR count). The molecule has 0 spiro atoms. The number of aliphatic imine (C=N–C) groups is 1. The maximum absolute atomic E-state index is 12.7. The number of benzene rings is 3. The SMILES string of the molecule is CN1C(=O)NC(=O)C2C1N=C1N(c3ccc(Oc4ccccc4)cc3)C(c3ccccc3)=CN12. The van der Waals surface area contributed by atoms with Crippen LogP contribution < -0.4 is 15.0 Å². The number of guanidine groups is 1. The van der Waals surface area contributed by atoms with Crippen LogP contribution >= 0.6 is 0 Å². The third-order valence-corrected chi connectivity index (χ3v) is 6.12. The molecule has 0 aromatic heterocycles. The van der Waals surface area contributed by atoms with E-state index >= 15 is 0 Å². The Balaban J connectivity index is 1.38. The molecule has 3 aromatic carbocycles. The second kappa shape index (κ2) is 7.77. The normalized spacial score (nSPS) is 21.0. The molecule has 8 nitrogen and oxygen atoms in total. The standard InChI is InChI=1S/C26H21N5O3/c1-29-23-22(24(32)28-26(29)33)30-16-21(17-8-4-2-5-9-17)31(25(30)27-23)18-12-14-20(15-13-18)34-19-10-6-3-7-11-19/h2-16,22-23H,1H3,(H,28,32,33). The highest BCUT2D eigenvalue weighted by Gasteiger charge is 2.52. The van der Waals surface area contributed by atoms with Crippen molar-refractivity contribution in [3.8, 4) is 11.5 Å². The molecule has 8 heteroatoms. The average molecular weight is 451 g/mol.